The number of rotatable bonds is 6. The van der Waals surface area contributed by atoms with Gasteiger partial charge >= 0.3 is 0 Å². The highest BCUT2D eigenvalue weighted by molar-refractivity contribution is 5.01. The Bertz CT molecular complexity index is 197. The van der Waals surface area contributed by atoms with Crippen LogP contribution in [0.5, 0.6) is 0 Å². The van der Waals surface area contributed by atoms with Crippen LogP contribution in [0.2, 0.25) is 0 Å². The van der Waals surface area contributed by atoms with Crippen molar-refractivity contribution in [2.75, 3.05) is 0 Å². The van der Waals surface area contributed by atoms with Crippen LogP contribution in [0.25, 0.3) is 0 Å². The Kier molecular flexibility index (Phi) is 6.70. The van der Waals surface area contributed by atoms with Gasteiger partial charge in [-0.15, -0.1) is 13.2 Å². The summed E-state index contributed by atoms with van der Waals surface area (Å²) < 4.78 is 5.48. The third kappa shape index (κ3) is 7.13. The molecule has 0 aromatic rings. The van der Waals surface area contributed by atoms with Gasteiger partial charge in [0.05, 0.1) is 11.5 Å². The summed E-state index contributed by atoms with van der Waals surface area (Å²) in [5.74, 6) is 1.83. The fourth-order valence-electron chi connectivity index (χ4n) is 0.836. The van der Waals surface area contributed by atoms with Crippen LogP contribution >= 0.6 is 0 Å². The summed E-state index contributed by atoms with van der Waals surface area (Å²) in [5, 5.41) is 0. The van der Waals surface area contributed by atoms with E-state index >= 15 is 0 Å². The lowest BCUT2D eigenvalue weighted by atomic mass is 10.3. The highest BCUT2D eigenvalue weighted by atomic mass is 16.5. The average molecular weight is 178 g/mol. The molecule has 0 spiro atoms. The molecule has 0 atom stereocenters. The zero-order valence-electron chi connectivity index (χ0n) is 8.55. The van der Waals surface area contributed by atoms with Gasteiger partial charge in [-0.1, -0.05) is 12.2 Å². The molecule has 0 fully saturated rings. The number of hydrogen-bond donors (Lipinski definition) is 0. The van der Waals surface area contributed by atoms with Crippen molar-refractivity contribution >= 4 is 0 Å². The minimum absolute atomic E-state index is 0.848. The summed E-state index contributed by atoms with van der Waals surface area (Å²) in [5.41, 5.74) is 0. The normalized spacial score (nSPS) is 12.5. The van der Waals surface area contributed by atoms with E-state index in [1.807, 2.05) is 38.2 Å². The molecule has 13 heavy (non-hydrogen) atoms. The summed E-state index contributed by atoms with van der Waals surface area (Å²) >= 11 is 0. The molecule has 0 bridgehead atoms. The fraction of sp³-hybridized carbons (Fsp3) is 0.333. The quantitative estimate of drug-likeness (QED) is 0.442. The van der Waals surface area contributed by atoms with Crippen molar-refractivity contribution in [3.8, 4) is 0 Å². The summed E-state index contributed by atoms with van der Waals surface area (Å²) in [6.07, 6.45) is 9.38. The lowest BCUT2D eigenvalue weighted by molar-refractivity contribution is 0.306. The van der Waals surface area contributed by atoms with Crippen LogP contribution in [0, 0.1) is 0 Å². The van der Waals surface area contributed by atoms with E-state index in [0.717, 1.165) is 24.4 Å². The van der Waals surface area contributed by atoms with E-state index in [1.54, 1.807) is 0 Å². The number of hydrogen-bond acceptors (Lipinski definition) is 1. The van der Waals surface area contributed by atoms with Crippen molar-refractivity contribution < 1.29 is 4.74 Å². The van der Waals surface area contributed by atoms with Gasteiger partial charge in [-0.05, 0) is 38.8 Å². The van der Waals surface area contributed by atoms with Crippen LogP contribution in [0.3, 0.4) is 0 Å². The Hall–Kier alpha value is -1.24. The first-order valence-electron chi connectivity index (χ1n) is 4.44. The SMILES string of the molecule is C=CCC=C(C)OC(C)=CCC=C. The molecule has 0 heterocycles. The summed E-state index contributed by atoms with van der Waals surface area (Å²) in [7, 11) is 0. The molecule has 0 rings (SSSR count). The first kappa shape index (κ1) is 11.8. The maximum absolute atomic E-state index is 5.48. The lowest BCUT2D eigenvalue weighted by Gasteiger charge is -2.04. The predicted molar refractivity (Wildman–Crippen MR) is 58.2 cm³/mol. The molecule has 0 saturated carbocycles. The van der Waals surface area contributed by atoms with Gasteiger partial charge in [0.2, 0.25) is 0 Å². The average Bonchev–Trinajstić information content (AvgIpc) is 2.11. The Labute approximate surface area is 81.1 Å². The maximum Gasteiger partial charge on any atom is 0.0968 e. The molecule has 0 aromatic carbocycles. The van der Waals surface area contributed by atoms with Gasteiger partial charge < -0.3 is 4.74 Å². The van der Waals surface area contributed by atoms with Crippen LogP contribution in [0.4, 0.5) is 0 Å². The van der Waals surface area contributed by atoms with E-state index in [-0.39, 0.29) is 0 Å². The van der Waals surface area contributed by atoms with Gasteiger partial charge in [0, 0.05) is 0 Å². The molecule has 0 aliphatic heterocycles. The zero-order chi connectivity index (χ0) is 10.1. The predicted octanol–water partition coefficient (Wildman–Crippen LogP) is 3.96. The van der Waals surface area contributed by atoms with Crippen molar-refractivity contribution in [3.05, 3.63) is 49.0 Å². The third-order valence-corrected chi connectivity index (χ3v) is 1.47. The first-order valence-corrected chi connectivity index (χ1v) is 4.44. The van der Waals surface area contributed by atoms with Crippen molar-refractivity contribution in [1.82, 2.24) is 0 Å². The van der Waals surface area contributed by atoms with E-state index < -0.39 is 0 Å². The Morgan fingerprint density at radius 3 is 1.69 bits per heavy atom. The number of allylic oxidation sites excluding steroid dienone is 6. The molecule has 0 unspecified atom stereocenters. The molecule has 0 N–H and O–H groups in total. The standard InChI is InChI=1S/C12H18O/c1-5-7-9-11(3)13-12(4)10-8-6-2/h5-6,9-10H,1-2,7-8H2,3-4H3. The molecule has 1 nitrogen and oxygen atoms in total. The van der Waals surface area contributed by atoms with E-state index in [2.05, 4.69) is 13.2 Å². The van der Waals surface area contributed by atoms with Crippen LogP contribution in [-0.4, -0.2) is 0 Å². The molecule has 1 heteroatoms. The first-order chi connectivity index (χ1) is 6.20. The van der Waals surface area contributed by atoms with E-state index in [9.17, 15) is 0 Å². The molecular formula is C12H18O. The Balaban J connectivity index is 3.95. The van der Waals surface area contributed by atoms with Gasteiger partial charge in [-0.2, -0.15) is 0 Å². The van der Waals surface area contributed by atoms with Crippen LogP contribution in [0.1, 0.15) is 26.7 Å². The van der Waals surface area contributed by atoms with Gasteiger partial charge in [0.1, 0.15) is 0 Å². The number of ether oxygens (including phenoxy) is 1. The Morgan fingerprint density at radius 1 is 1.00 bits per heavy atom. The van der Waals surface area contributed by atoms with Crippen LogP contribution in [-0.2, 0) is 4.74 Å². The highest BCUT2D eigenvalue weighted by Crippen LogP contribution is 2.07. The van der Waals surface area contributed by atoms with Crippen molar-refractivity contribution in [3.63, 3.8) is 0 Å². The summed E-state index contributed by atoms with van der Waals surface area (Å²) in [4.78, 5) is 0. The second-order valence-electron chi connectivity index (χ2n) is 2.78. The highest BCUT2D eigenvalue weighted by Gasteiger charge is 1.90. The molecule has 0 aliphatic carbocycles. The fourth-order valence-corrected chi connectivity index (χ4v) is 0.836. The van der Waals surface area contributed by atoms with Crippen molar-refractivity contribution in [2.24, 2.45) is 0 Å². The molecule has 0 saturated heterocycles. The maximum atomic E-state index is 5.48. The second kappa shape index (κ2) is 7.41. The van der Waals surface area contributed by atoms with E-state index in [0.29, 0.717) is 0 Å². The van der Waals surface area contributed by atoms with Gasteiger partial charge in [0.25, 0.3) is 0 Å². The monoisotopic (exact) mass is 178 g/mol. The van der Waals surface area contributed by atoms with E-state index in [1.165, 1.54) is 0 Å². The smallest absolute Gasteiger partial charge is 0.0968 e. The molecule has 0 aliphatic rings. The lowest BCUT2D eigenvalue weighted by Crippen LogP contribution is -1.85. The van der Waals surface area contributed by atoms with Crippen molar-refractivity contribution in [1.29, 1.82) is 0 Å². The summed E-state index contributed by atoms with van der Waals surface area (Å²) in [6.45, 7) is 11.1. The molecule has 72 valence electrons. The zero-order valence-corrected chi connectivity index (χ0v) is 8.55. The Morgan fingerprint density at radius 2 is 1.38 bits per heavy atom. The topological polar surface area (TPSA) is 9.23 Å². The van der Waals surface area contributed by atoms with E-state index in [4.69, 9.17) is 4.74 Å². The molecular weight excluding hydrogens is 160 g/mol. The minimum Gasteiger partial charge on any atom is -0.467 e. The third-order valence-electron chi connectivity index (χ3n) is 1.47. The molecule has 0 amide bonds. The van der Waals surface area contributed by atoms with Gasteiger partial charge in [-0.3, -0.25) is 0 Å². The van der Waals surface area contributed by atoms with Gasteiger partial charge in [0.15, 0.2) is 0 Å². The second-order valence-corrected chi connectivity index (χ2v) is 2.78. The summed E-state index contributed by atoms with van der Waals surface area (Å²) in [6, 6.07) is 0. The van der Waals surface area contributed by atoms with Crippen LogP contribution < -0.4 is 0 Å². The minimum atomic E-state index is 0.848. The molecule has 0 aromatic heterocycles. The molecule has 0 radical (unpaired) electrons. The largest absolute Gasteiger partial charge is 0.467 e. The van der Waals surface area contributed by atoms with Gasteiger partial charge in [-0.25, -0.2) is 0 Å². The van der Waals surface area contributed by atoms with Crippen molar-refractivity contribution in [2.45, 2.75) is 26.7 Å². The van der Waals surface area contributed by atoms with Crippen LogP contribution in [0.15, 0.2) is 49.0 Å².